The first-order valence-electron chi connectivity index (χ1n) is 5.48. The summed E-state index contributed by atoms with van der Waals surface area (Å²) in [5.74, 6) is 0. The Balaban J connectivity index is 2.15. The zero-order valence-corrected chi connectivity index (χ0v) is 8.98. The molecule has 0 radical (unpaired) electrons. The first kappa shape index (κ1) is 9.97. The third-order valence-electron chi connectivity index (χ3n) is 2.65. The number of aromatic nitrogens is 1. The van der Waals surface area contributed by atoms with Crippen molar-refractivity contribution in [2.24, 2.45) is 0 Å². The fourth-order valence-electron chi connectivity index (χ4n) is 1.77. The lowest BCUT2D eigenvalue weighted by Crippen LogP contribution is -2.26. The average Bonchev–Trinajstić information content (AvgIpc) is 3.10. The summed E-state index contributed by atoms with van der Waals surface area (Å²) < 4.78 is 0. The zero-order valence-electron chi connectivity index (χ0n) is 8.98. The largest absolute Gasteiger partial charge is 0.367 e. The molecule has 0 N–H and O–H groups in total. The maximum Gasteiger partial charge on any atom is 0.140 e. The van der Waals surface area contributed by atoms with Gasteiger partial charge < -0.3 is 4.90 Å². The summed E-state index contributed by atoms with van der Waals surface area (Å²) in [7, 11) is 0. The van der Waals surface area contributed by atoms with Crippen LogP contribution in [-0.2, 0) is 0 Å². The van der Waals surface area contributed by atoms with Crippen molar-refractivity contribution in [3.05, 3.63) is 24.0 Å². The van der Waals surface area contributed by atoms with Crippen LogP contribution < -0.4 is 4.90 Å². The predicted octanol–water partition coefficient (Wildman–Crippen LogP) is 2.33. The Morgan fingerprint density at radius 2 is 2.33 bits per heavy atom. The Hall–Kier alpha value is -1.56. The molecule has 1 saturated carbocycles. The molecular formula is C12H15N3. The average molecular weight is 201 g/mol. The SMILES string of the molecule is CCCN(c1ccc(C#N)nc1)C1CC1. The van der Waals surface area contributed by atoms with Crippen LogP contribution in [0.2, 0.25) is 0 Å². The normalized spacial score (nSPS) is 14.7. The van der Waals surface area contributed by atoms with Crippen molar-refractivity contribution in [1.82, 2.24) is 4.98 Å². The van der Waals surface area contributed by atoms with Crippen LogP contribution >= 0.6 is 0 Å². The van der Waals surface area contributed by atoms with E-state index in [0.29, 0.717) is 11.7 Å². The molecule has 0 unspecified atom stereocenters. The van der Waals surface area contributed by atoms with Crippen molar-refractivity contribution in [3.63, 3.8) is 0 Å². The van der Waals surface area contributed by atoms with Gasteiger partial charge in [-0.25, -0.2) is 4.98 Å². The molecule has 3 heteroatoms. The van der Waals surface area contributed by atoms with E-state index in [1.165, 1.54) is 12.8 Å². The minimum atomic E-state index is 0.492. The smallest absolute Gasteiger partial charge is 0.140 e. The quantitative estimate of drug-likeness (QED) is 0.750. The standard InChI is InChI=1S/C12H15N3/c1-2-7-15(11-5-6-11)12-4-3-10(8-13)14-9-12/h3-4,9,11H,2,5-7H2,1H3. The highest BCUT2D eigenvalue weighted by molar-refractivity contribution is 5.48. The molecule has 1 aliphatic rings. The van der Waals surface area contributed by atoms with E-state index in [0.717, 1.165) is 18.7 Å². The number of hydrogen-bond donors (Lipinski definition) is 0. The molecule has 15 heavy (non-hydrogen) atoms. The monoisotopic (exact) mass is 201 g/mol. The topological polar surface area (TPSA) is 39.9 Å². The van der Waals surface area contributed by atoms with E-state index in [9.17, 15) is 0 Å². The van der Waals surface area contributed by atoms with Crippen LogP contribution in [0.5, 0.6) is 0 Å². The number of hydrogen-bond acceptors (Lipinski definition) is 3. The van der Waals surface area contributed by atoms with Gasteiger partial charge in [-0.05, 0) is 31.4 Å². The van der Waals surface area contributed by atoms with Gasteiger partial charge in [-0.1, -0.05) is 6.92 Å². The molecule has 1 heterocycles. The highest BCUT2D eigenvalue weighted by Crippen LogP contribution is 2.31. The van der Waals surface area contributed by atoms with E-state index in [1.54, 1.807) is 6.07 Å². The number of anilines is 1. The van der Waals surface area contributed by atoms with Gasteiger partial charge in [-0.2, -0.15) is 5.26 Å². The van der Waals surface area contributed by atoms with Crippen LogP contribution in [0, 0.1) is 11.3 Å². The van der Waals surface area contributed by atoms with Crippen LogP contribution in [0.3, 0.4) is 0 Å². The Kier molecular flexibility index (Phi) is 2.86. The number of nitriles is 1. The molecule has 0 atom stereocenters. The van der Waals surface area contributed by atoms with Crippen LogP contribution in [0.15, 0.2) is 18.3 Å². The van der Waals surface area contributed by atoms with Crippen LogP contribution in [0.25, 0.3) is 0 Å². The maximum absolute atomic E-state index is 8.67. The van der Waals surface area contributed by atoms with Crippen molar-refractivity contribution in [2.45, 2.75) is 32.2 Å². The molecule has 0 spiro atoms. The molecule has 0 bridgehead atoms. The molecular weight excluding hydrogens is 186 g/mol. The Bertz CT molecular complexity index is 359. The molecule has 1 aliphatic carbocycles. The molecule has 0 amide bonds. The summed E-state index contributed by atoms with van der Waals surface area (Å²) in [6, 6.07) is 6.54. The van der Waals surface area contributed by atoms with Gasteiger partial charge in [0.05, 0.1) is 11.9 Å². The maximum atomic E-state index is 8.67. The van der Waals surface area contributed by atoms with Crippen LogP contribution in [0.4, 0.5) is 5.69 Å². The first-order valence-corrected chi connectivity index (χ1v) is 5.48. The number of rotatable bonds is 4. The second kappa shape index (κ2) is 4.31. The lowest BCUT2D eigenvalue weighted by atomic mass is 10.3. The van der Waals surface area contributed by atoms with Crippen molar-refractivity contribution in [1.29, 1.82) is 5.26 Å². The molecule has 1 aromatic rings. The van der Waals surface area contributed by atoms with Crippen molar-refractivity contribution in [2.75, 3.05) is 11.4 Å². The van der Waals surface area contributed by atoms with Gasteiger partial charge in [-0.3, -0.25) is 0 Å². The summed E-state index contributed by atoms with van der Waals surface area (Å²) in [6.45, 7) is 3.27. The van der Waals surface area contributed by atoms with E-state index in [2.05, 4.69) is 16.8 Å². The summed E-state index contributed by atoms with van der Waals surface area (Å²) in [6.07, 6.45) is 5.54. The summed E-state index contributed by atoms with van der Waals surface area (Å²) in [5.41, 5.74) is 1.64. The van der Waals surface area contributed by atoms with Gasteiger partial charge in [0.1, 0.15) is 11.8 Å². The van der Waals surface area contributed by atoms with E-state index in [1.807, 2.05) is 18.3 Å². The Morgan fingerprint density at radius 3 is 2.80 bits per heavy atom. The molecule has 0 aromatic carbocycles. The van der Waals surface area contributed by atoms with Gasteiger partial charge in [0, 0.05) is 12.6 Å². The first-order chi connectivity index (χ1) is 7.35. The molecule has 0 saturated heterocycles. The van der Waals surface area contributed by atoms with Gasteiger partial charge in [0.25, 0.3) is 0 Å². The highest BCUT2D eigenvalue weighted by atomic mass is 15.2. The Labute approximate surface area is 90.4 Å². The summed E-state index contributed by atoms with van der Waals surface area (Å²) >= 11 is 0. The van der Waals surface area contributed by atoms with E-state index in [-0.39, 0.29) is 0 Å². The molecule has 2 rings (SSSR count). The fraction of sp³-hybridized carbons (Fsp3) is 0.500. The molecule has 1 aromatic heterocycles. The van der Waals surface area contributed by atoms with Gasteiger partial charge >= 0.3 is 0 Å². The second-order valence-corrected chi connectivity index (χ2v) is 3.94. The summed E-state index contributed by atoms with van der Waals surface area (Å²) in [4.78, 5) is 6.50. The zero-order chi connectivity index (χ0) is 10.7. The minimum absolute atomic E-state index is 0.492. The lowest BCUT2D eigenvalue weighted by molar-refractivity contribution is 0.761. The van der Waals surface area contributed by atoms with Gasteiger partial charge in [-0.15, -0.1) is 0 Å². The third-order valence-corrected chi connectivity index (χ3v) is 2.65. The fourth-order valence-corrected chi connectivity index (χ4v) is 1.77. The van der Waals surface area contributed by atoms with Crippen LogP contribution in [0.1, 0.15) is 31.9 Å². The third kappa shape index (κ3) is 2.27. The van der Waals surface area contributed by atoms with E-state index < -0.39 is 0 Å². The predicted molar refractivity (Wildman–Crippen MR) is 59.6 cm³/mol. The minimum Gasteiger partial charge on any atom is -0.367 e. The molecule has 3 nitrogen and oxygen atoms in total. The molecule has 78 valence electrons. The lowest BCUT2D eigenvalue weighted by Gasteiger charge is -2.23. The van der Waals surface area contributed by atoms with Crippen molar-refractivity contribution >= 4 is 5.69 Å². The second-order valence-electron chi connectivity index (χ2n) is 3.94. The Morgan fingerprint density at radius 1 is 1.53 bits per heavy atom. The van der Waals surface area contributed by atoms with E-state index >= 15 is 0 Å². The summed E-state index contributed by atoms with van der Waals surface area (Å²) in [5, 5.41) is 8.67. The van der Waals surface area contributed by atoms with Gasteiger partial charge in [0.2, 0.25) is 0 Å². The van der Waals surface area contributed by atoms with Gasteiger partial charge in [0.15, 0.2) is 0 Å². The number of nitrogens with zero attached hydrogens (tertiary/aromatic N) is 3. The number of pyridine rings is 1. The van der Waals surface area contributed by atoms with E-state index in [4.69, 9.17) is 5.26 Å². The highest BCUT2D eigenvalue weighted by Gasteiger charge is 2.28. The van der Waals surface area contributed by atoms with Crippen molar-refractivity contribution in [3.8, 4) is 6.07 Å². The van der Waals surface area contributed by atoms with Crippen LogP contribution in [-0.4, -0.2) is 17.6 Å². The van der Waals surface area contributed by atoms with Crippen molar-refractivity contribution < 1.29 is 0 Å². The molecule has 1 fully saturated rings. The molecule has 0 aliphatic heterocycles.